The number of aromatic nitrogens is 3. The van der Waals surface area contributed by atoms with Crippen LogP contribution in [0.25, 0.3) is 5.69 Å². The molecule has 1 aliphatic rings. The van der Waals surface area contributed by atoms with Gasteiger partial charge in [0.05, 0.1) is 5.69 Å². The van der Waals surface area contributed by atoms with Crippen molar-refractivity contribution >= 4 is 5.91 Å². The average molecular weight is 422 g/mol. The first kappa shape index (κ1) is 19.7. The predicted octanol–water partition coefficient (Wildman–Crippen LogP) is 3.13. The number of fused-ring (bicyclic) bond motifs is 1. The fraction of sp³-hybridized carbons (Fsp3) is 0.211. The van der Waals surface area contributed by atoms with Crippen LogP contribution in [0.4, 0.5) is 17.6 Å². The van der Waals surface area contributed by atoms with E-state index in [1.165, 1.54) is 12.1 Å². The molecule has 156 valence electrons. The average Bonchev–Trinajstić information content (AvgIpc) is 3.18. The van der Waals surface area contributed by atoms with Crippen LogP contribution in [0, 0.1) is 5.82 Å². The van der Waals surface area contributed by atoms with Crippen molar-refractivity contribution < 1.29 is 31.8 Å². The van der Waals surface area contributed by atoms with E-state index in [9.17, 15) is 22.4 Å². The van der Waals surface area contributed by atoms with Crippen molar-refractivity contribution in [2.75, 3.05) is 13.2 Å². The van der Waals surface area contributed by atoms with Crippen molar-refractivity contribution in [1.29, 1.82) is 0 Å². The van der Waals surface area contributed by atoms with Crippen LogP contribution >= 0.6 is 0 Å². The topological polar surface area (TPSA) is 78.3 Å². The molecule has 2 aromatic carbocycles. The maximum atomic E-state index is 13.6. The Balaban J connectivity index is 1.58. The van der Waals surface area contributed by atoms with Gasteiger partial charge in [0.2, 0.25) is 0 Å². The van der Waals surface area contributed by atoms with Gasteiger partial charge in [-0.25, -0.2) is 9.07 Å². The molecule has 1 amide bonds. The third-order valence-electron chi connectivity index (χ3n) is 4.27. The maximum absolute atomic E-state index is 13.6. The Morgan fingerprint density at radius 2 is 1.87 bits per heavy atom. The lowest BCUT2D eigenvalue weighted by molar-refractivity contribution is -0.143. The van der Waals surface area contributed by atoms with Gasteiger partial charge in [-0.1, -0.05) is 17.3 Å². The first-order valence-electron chi connectivity index (χ1n) is 8.78. The molecule has 1 N–H and O–H groups in total. The molecule has 0 saturated carbocycles. The zero-order valence-corrected chi connectivity index (χ0v) is 15.2. The number of halogens is 4. The van der Waals surface area contributed by atoms with E-state index in [4.69, 9.17) is 9.47 Å². The highest BCUT2D eigenvalue weighted by molar-refractivity contribution is 5.93. The number of carbonyl (C=O) groups excluding carboxylic acids is 1. The van der Waals surface area contributed by atoms with Gasteiger partial charge in [-0.15, -0.1) is 5.10 Å². The summed E-state index contributed by atoms with van der Waals surface area (Å²) in [4.78, 5) is 12.4. The van der Waals surface area contributed by atoms with Crippen molar-refractivity contribution in [2.45, 2.75) is 12.7 Å². The molecule has 30 heavy (non-hydrogen) atoms. The minimum absolute atomic E-state index is 0.0698. The van der Waals surface area contributed by atoms with E-state index in [1.807, 2.05) is 0 Å². The number of benzene rings is 2. The summed E-state index contributed by atoms with van der Waals surface area (Å²) in [5.41, 5.74) is -1.92. The Morgan fingerprint density at radius 3 is 2.60 bits per heavy atom. The van der Waals surface area contributed by atoms with Crippen molar-refractivity contribution in [2.24, 2.45) is 0 Å². The molecule has 4 rings (SSSR count). The summed E-state index contributed by atoms with van der Waals surface area (Å²) in [5.74, 6) is -0.782. The summed E-state index contributed by atoms with van der Waals surface area (Å²) in [5, 5.41) is 9.18. The third kappa shape index (κ3) is 3.91. The smallest absolute Gasteiger partial charge is 0.435 e. The molecule has 0 spiro atoms. The molecule has 11 heteroatoms. The zero-order valence-electron chi connectivity index (χ0n) is 15.2. The van der Waals surface area contributed by atoms with Gasteiger partial charge >= 0.3 is 6.18 Å². The van der Waals surface area contributed by atoms with Crippen LogP contribution in [-0.4, -0.2) is 34.1 Å². The lowest BCUT2D eigenvalue weighted by Crippen LogP contribution is -2.27. The number of carbonyl (C=O) groups is 1. The summed E-state index contributed by atoms with van der Waals surface area (Å²) in [7, 11) is 0. The van der Waals surface area contributed by atoms with E-state index in [1.54, 1.807) is 18.2 Å². The molecule has 0 saturated heterocycles. The minimum atomic E-state index is -4.94. The lowest BCUT2D eigenvalue weighted by Gasteiger charge is -2.19. The van der Waals surface area contributed by atoms with Crippen LogP contribution in [0.2, 0.25) is 0 Å². The van der Waals surface area contributed by atoms with Crippen LogP contribution in [0.5, 0.6) is 11.5 Å². The largest absolute Gasteiger partial charge is 0.486 e. The monoisotopic (exact) mass is 422 g/mol. The molecule has 1 aliphatic heterocycles. The summed E-state index contributed by atoms with van der Waals surface area (Å²) in [6.45, 7) is 0.727. The van der Waals surface area contributed by atoms with E-state index in [2.05, 4.69) is 15.6 Å². The first-order valence-corrected chi connectivity index (χ1v) is 8.78. The molecular weight excluding hydrogens is 408 g/mol. The van der Waals surface area contributed by atoms with Gasteiger partial charge in [0.25, 0.3) is 5.91 Å². The number of hydrogen-bond donors (Lipinski definition) is 1. The van der Waals surface area contributed by atoms with Crippen molar-refractivity contribution in [3.8, 4) is 17.2 Å². The Morgan fingerprint density at radius 1 is 1.10 bits per heavy atom. The lowest BCUT2D eigenvalue weighted by atomic mass is 10.2. The fourth-order valence-corrected chi connectivity index (χ4v) is 2.94. The summed E-state index contributed by atoms with van der Waals surface area (Å²) >= 11 is 0. The molecular formula is C19H14F4N4O3. The van der Waals surface area contributed by atoms with E-state index in [0.717, 1.165) is 12.1 Å². The zero-order chi connectivity index (χ0) is 21.3. The van der Waals surface area contributed by atoms with Crippen molar-refractivity contribution in [1.82, 2.24) is 20.3 Å². The standard InChI is InChI=1S/C19H14F4N4O3/c20-12-2-1-3-13(9-12)27-17(19(21,22)23)16(25-26-27)18(28)24-10-11-4-5-14-15(8-11)30-7-6-29-14/h1-5,8-9H,6-7,10H2,(H,24,28). The van der Waals surface area contributed by atoms with E-state index < -0.39 is 29.3 Å². The number of nitrogens with one attached hydrogen (secondary N) is 1. The van der Waals surface area contributed by atoms with Gasteiger partial charge in [0.15, 0.2) is 22.9 Å². The normalized spacial score (nSPS) is 13.2. The van der Waals surface area contributed by atoms with E-state index in [-0.39, 0.29) is 12.2 Å². The van der Waals surface area contributed by atoms with Crippen LogP contribution in [0.3, 0.4) is 0 Å². The molecule has 2 heterocycles. The second-order valence-electron chi connectivity index (χ2n) is 6.34. The maximum Gasteiger partial charge on any atom is 0.435 e. The van der Waals surface area contributed by atoms with Gasteiger partial charge in [-0.3, -0.25) is 4.79 Å². The summed E-state index contributed by atoms with van der Waals surface area (Å²) in [6.07, 6.45) is -4.94. The van der Waals surface area contributed by atoms with Gasteiger partial charge in [-0.05, 0) is 35.9 Å². The molecule has 3 aromatic rings. The Labute approximate surface area is 167 Å². The highest BCUT2D eigenvalue weighted by Crippen LogP contribution is 2.33. The van der Waals surface area contributed by atoms with Crippen LogP contribution in [0.1, 0.15) is 21.7 Å². The highest BCUT2D eigenvalue weighted by atomic mass is 19.4. The number of nitrogens with zero attached hydrogens (tertiary/aromatic N) is 3. The molecule has 0 fully saturated rings. The van der Waals surface area contributed by atoms with Gasteiger partial charge in [-0.2, -0.15) is 13.2 Å². The SMILES string of the molecule is O=C(NCc1ccc2c(c1)OCCO2)c1nnn(-c2cccc(F)c2)c1C(F)(F)F. The Bertz CT molecular complexity index is 1100. The minimum Gasteiger partial charge on any atom is -0.486 e. The van der Waals surface area contributed by atoms with Gasteiger partial charge in [0.1, 0.15) is 19.0 Å². The third-order valence-corrected chi connectivity index (χ3v) is 4.27. The highest BCUT2D eigenvalue weighted by Gasteiger charge is 2.42. The van der Waals surface area contributed by atoms with E-state index >= 15 is 0 Å². The second-order valence-corrected chi connectivity index (χ2v) is 6.34. The number of ether oxygens (including phenoxy) is 2. The van der Waals surface area contributed by atoms with Gasteiger partial charge < -0.3 is 14.8 Å². The second kappa shape index (κ2) is 7.65. The van der Waals surface area contributed by atoms with Crippen LogP contribution in [-0.2, 0) is 12.7 Å². The van der Waals surface area contributed by atoms with Crippen LogP contribution in [0.15, 0.2) is 42.5 Å². The van der Waals surface area contributed by atoms with Crippen LogP contribution < -0.4 is 14.8 Å². The first-order chi connectivity index (χ1) is 14.3. The number of rotatable bonds is 4. The number of amides is 1. The number of hydrogen-bond acceptors (Lipinski definition) is 5. The van der Waals surface area contributed by atoms with Gasteiger partial charge in [0, 0.05) is 6.54 Å². The summed E-state index contributed by atoms with van der Waals surface area (Å²) < 4.78 is 65.6. The quantitative estimate of drug-likeness (QED) is 0.654. The molecule has 0 radical (unpaired) electrons. The number of alkyl halides is 3. The molecule has 0 atom stereocenters. The molecule has 7 nitrogen and oxygen atoms in total. The Hall–Kier alpha value is -3.63. The Kier molecular flexibility index (Phi) is 5.02. The predicted molar refractivity (Wildman–Crippen MR) is 94.9 cm³/mol. The molecule has 0 aliphatic carbocycles. The van der Waals surface area contributed by atoms with Crippen molar-refractivity contribution in [3.05, 3.63) is 65.2 Å². The molecule has 1 aromatic heterocycles. The van der Waals surface area contributed by atoms with Crippen molar-refractivity contribution in [3.63, 3.8) is 0 Å². The molecule has 0 unspecified atom stereocenters. The van der Waals surface area contributed by atoms with E-state index in [0.29, 0.717) is 35.0 Å². The summed E-state index contributed by atoms with van der Waals surface area (Å²) in [6, 6.07) is 9.33. The fourth-order valence-electron chi connectivity index (χ4n) is 2.94. The molecule has 0 bridgehead atoms.